The lowest BCUT2D eigenvalue weighted by atomic mass is 9.80. The number of pyridine rings is 1. The molecule has 0 saturated heterocycles. The first-order valence-corrected chi connectivity index (χ1v) is 3.69. The maximum Gasteiger partial charge on any atom is 0.493 e. The van der Waals surface area contributed by atoms with Gasteiger partial charge in [-0.1, -0.05) is 11.6 Å². The average Bonchev–Trinajstić information content (AvgIpc) is 2.04. The number of ether oxygens (including phenoxy) is 1. The normalized spacial score (nSPS) is 9.92. The van der Waals surface area contributed by atoms with Crippen LogP contribution in [-0.4, -0.2) is 29.3 Å². The van der Waals surface area contributed by atoms with Crippen molar-refractivity contribution < 1.29 is 19.2 Å². The van der Waals surface area contributed by atoms with Crippen molar-refractivity contribution in [2.45, 2.75) is 0 Å². The maximum absolute atomic E-state index is 13.2. The Morgan fingerprint density at radius 2 is 2.23 bits per heavy atom. The first-order chi connectivity index (χ1) is 6.07. The van der Waals surface area contributed by atoms with Crippen LogP contribution in [0.3, 0.4) is 0 Å². The van der Waals surface area contributed by atoms with E-state index in [2.05, 4.69) is 9.72 Å². The van der Waals surface area contributed by atoms with Gasteiger partial charge in [0, 0.05) is 11.7 Å². The number of methoxy groups -OCH3 is 1. The van der Waals surface area contributed by atoms with Crippen LogP contribution in [-0.2, 0) is 0 Å². The summed E-state index contributed by atoms with van der Waals surface area (Å²) in [5, 5.41) is 17.3. The molecule has 0 saturated carbocycles. The van der Waals surface area contributed by atoms with Gasteiger partial charge in [0.25, 0.3) is 0 Å². The summed E-state index contributed by atoms with van der Waals surface area (Å²) in [6.45, 7) is 0. The minimum Gasteiger partial charge on any atom is -0.479 e. The van der Waals surface area contributed by atoms with Gasteiger partial charge >= 0.3 is 7.12 Å². The second-order valence-corrected chi connectivity index (χ2v) is 2.62. The highest BCUT2D eigenvalue weighted by atomic mass is 35.5. The minimum absolute atomic E-state index is 0.159. The Morgan fingerprint density at radius 3 is 2.69 bits per heavy atom. The fourth-order valence-electron chi connectivity index (χ4n) is 0.841. The highest BCUT2D eigenvalue weighted by Gasteiger charge is 2.24. The molecule has 4 nitrogen and oxygen atoms in total. The molecule has 0 aliphatic heterocycles. The largest absolute Gasteiger partial charge is 0.493 e. The topological polar surface area (TPSA) is 62.6 Å². The number of nitrogens with zero attached hydrogens (tertiary/aromatic N) is 1. The average molecular weight is 205 g/mol. The van der Waals surface area contributed by atoms with Gasteiger partial charge in [0.05, 0.1) is 12.1 Å². The van der Waals surface area contributed by atoms with Gasteiger partial charge in [-0.25, -0.2) is 9.37 Å². The van der Waals surface area contributed by atoms with E-state index in [0.29, 0.717) is 0 Å². The van der Waals surface area contributed by atoms with Crippen LogP contribution < -0.4 is 10.2 Å². The van der Waals surface area contributed by atoms with Crippen LogP contribution in [0.15, 0.2) is 6.20 Å². The van der Waals surface area contributed by atoms with Crippen LogP contribution in [0.5, 0.6) is 5.88 Å². The highest BCUT2D eigenvalue weighted by Crippen LogP contribution is 2.15. The quantitative estimate of drug-likeness (QED) is 0.643. The van der Waals surface area contributed by atoms with E-state index in [1.54, 1.807) is 0 Å². The molecule has 0 unspecified atom stereocenters. The molecule has 7 heteroatoms. The summed E-state index contributed by atoms with van der Waals surface area (Å²) in [6.07, 6.45) is 1.08. The van der Waals surface area contributed by atoms with Crippen LogP contribution >= 0.6 is 11.6 Å². The molecular weight excluding hydrogens is 199 g/mol. The molecule has 1 rings (SSSR count). The standard InChI is InChI=1S/C6H6BClFNO3/c1-13-6-5(9)4(7(11)12)3(8)2-10-6/h2,11-12H,1H3. The molecule has 1 aromatic rings. The zero-order chi connectivity index (χ0) is 10.0. The second kappa shape index (κ2) is 3.91. The van der Waals surface area contributed by atoms with Crippen LogP contribution in [0.2, 0.25) is 5.02 Å². The van der Waals surface area contributed by atoms with Gasteiger partial charge in [-0.2, -0.15) is 0 Å². The molecule has 13 heavy (non-hydrogen) atoms. The molecule has 0 fully saturated rings. The second-order valence-electron chi connectivity index (χ2n) is 2.22. The SMILES string of the molecule is COc1ncc(Cl)c(B(O)O)c1F. The Hall–Kier alpha value is -0.845. The lowest BCUT2D eigenvalue weighted by molar-refractivity contribution is 0.367. The van der Waals surface area contributed by atoms with Crippen molar-refractivity contribution in [3.63, 3.8) is 0 Å². The van der Waals surface area contributed by atoms with Gasteiger partial charge in [0.15, 0.2) is 5.82 Å². The van der Waals surface area contributed by atoms with E-state index in [-0.39, 0.29) is 10.9 Å². The fraction of sp³-hybridized carbons (Fsp3) is 0.167. The van der Waals surface area contributed by atoms with Gasteiger partial charge in [0.1, 0.15) is 0 Å². The minimum atomic E-state index is -1.98. The van der Waals surface area contributed by atoms with Gasteiger partial charge in [0.2, 0.25) is 5.88 Å². The molecule has 0 atom stereocenters. The molecule has 2 N–H and O–H groups in total. The van der Waals surface area contributed by atoms with Crippen molar-refractivity contribution in [3.05, 3.63) is 17.0 Å². The number of hydrogen-bond acceptors (Lipinski definition) is 4. The molecule has 1 aromatic heterocycles. The summed E-state index contributed by atoms with van der Waals surface area (Å²) in [5.41, 5.74) is -0.437. The highest BCUT2D eigenvalue weighted by molar-refractivity contribution is 6.62. The van der Waals surface area contributed by atoms with Crippen molar-refractivity contribution in [2.75, 3.05) is 7.11 Å². The smallest absolute Gasteiger partial charge is 0.479 e. The Bertz CT molecular complexity index is 323. The molecule has 0 radical (unpaired) electrons. The zero-order valence-electron chi connectivity index (χ0n) is 6.66. The molecule has 0 aromatic carbocycles. The van der Waals surface area contributed by atoms with Crippen LogP contribution in [0.25, 0.3) is 0 Å². The molecule has 0 bridgehead atoms. The predicted octanol–water partition coefficient (Wildman–Crippen LogP) is -0.438. The third-order valence-corrected chi connectivity index (χ3v) is 1.73. The molecule has 0 spiro atoms. The van der Waals surface area contributed by atoms with E-state index in [0.717, 1.165) is 6.20 Å². The third kappa shape index (κ3) is 1.90. The van der Waals surface area contributed by atoms with E-state index in [9.17, 15) is 4.39 Å². The predicted molar refractivity (Wildman–Crippen MR) is 45.6 cm³/mol. The van der Waals surface area contributed by atoms with Crippen molar-refractivity contribution in [1.29, 1.82) is 0 Å². The van der Waals surface area contributed by atoms with Crippen molar-refractivity contribution in [2.24, 2.45) is 0 Å². The van der Waals surface area contributed by atoms with Gasteiger partial charge in [-0.3, -0.25) is 0 Å². The Balaban J connectivity index is 3.30. The van der Waals surface area contributed by atoms with E-state index in [1.165, 1.54) is 7.11 Å². The zero-order valence-corrected chi connectivity index (χ0v) is 7.42. The number of aromatic nitrogens is 1. The first kappa shape index (κ1) is 10.2. The molecule has 0 aliphatic carbocycles. The Kier molecular flexibility index (Phi) is 3.08. The Morgan fingerprint density at radius 1 is 1.62 bits per heavy atom. The molecule has 1 heterocycles. The lowest BCUT2D eigenvalue weighted by Crippen LogP contribution is -2.34. The molecule has 0 amide bonds. The molecular formula is C6H6BClFNO3. The van der Waals surface area contributed by atoms with Crippen molar-refractivity contribution in [3.8, 4) is 5.88 Å². The lowest BCUT2D eigenvalue weighted by Gasteiger charge is -2.06. The monoisotopic (exact) mass is 205 g/mol. The first-order valence-electron chi connectivity index (χ1n) is 3.32. The summed E-state index contributed by atoms with van der Waals surface area (Å²) < 4.78 is 17.7. The summed E-state index contributed by atoms with van der Waals surface area (Å²) in [6, 6.07) is 0. The fourth-order valence-corrected chi connectivity index (χ4v) is 1.07. The van der Waals surface area contributed by atoms with Crippen LogP contribution in [0, 0.1) is 5.82 Å². The molecule has 70 valence electrons. The van der Waals surface area contributed by atoms with Crippen LogP contribution in [0.4, 0.5) is 4.39 Å². The van der Waals surface area contributed by atoms with E-state index in [1.807, 2.05) is 0 Å². The summed E-state index contributed by atoms with van der Waals surface area (Å²) in [4.78, 5) is 3.49. The van der Waals surface area contributed by atoms with E-state index >= 15 is 0 Å². The Labute approximate surface area is 79.1 Å². The number of halogens is 2. The van der Waals surface area contributed by atoms with Gasteiger partial charge in [-0.05, 0) is 0 Å². The third-order valence-electron chi connectivity index (χ3n) is 1.43. The van der Waals surface area contributed by atoms with Crippen molar-refractivity contribution >= 4 is 24.2 Å². The van der Waals surface area contributed by atoms with E-state index in [4.69, 9.17) is 21.6 Å². The number of hydrogen-bond donors (Lipinski definition) is 2. The van der Waals surface area contributed by atoms with Crippen molar-refractivity contribution in [1.82, 2.24) is 4.98 Å². The summed E-state index contributed by atoms with van der Waals surface area (Å²) in [7, 11) is -0.767. The maximum atomic E-state index is 13.2. The number of rotatable bonds is 2. The van der Waals surface area contributed by atoms with Gasteiger partial charge < -0.3 is 14.8 Å². The van der Waals surface area contributed by atoms with E-state index < -0.39 is 18.4 Å². The van der Waals surface area contributed by atoms with Gasteiger partial charge in [-0.15, -0.1) is 0 Å². The molecule has 0 aliphatic rings. The summed E-state index contributed by atoms with van der Waals surface area (Å²) in [5.74, 6) is -1.29. The summed E-state index contributed by atoms with van der Waals surface area (Å²) >= 11 is 5.48. The van der Waals surface area contributed by atoms with Crippen LogP contribution in [0.1, 0.15) is 0 Å².